The van der Waals surface area contributed by atoms with Crippen molar-refractivity contribution in [2.75, 3.05) is 6.26 Å². The van der Waals surface area contributed by atoms with Crippen LogP contribution in [-0.2, 0) is 9.84 Å². The molecule has 0 amide bonds. The number of carboxylic acid groups (broad SMARTS) is 1. The molecular weight excluding hydrogens is 310 g/mol. The van der Waals surface area contributed by atoms with Crippen LogP contribution in [0.3, 0.4) is 0 Å². The summed E-state index contributed by atoms with van der Waals surface area (Å²) in [6, 6.07) is 4.25. The monoisotopic (exact) mass is 321 g/mol. The fraction of sp³-hybridized carbons (Fsp3) is 0.154. The van der Waals surface area contributed by atoms with Gasteiger partial charge in [-0.25, -0.2) is 18.2 Å². The van der Waals surface area contributed by atoms with Crippen LogP contribution in [-0.4, -0.2) is 40.1 Å². The van der Waals surface area contributed by atoms with Gasteiger partial charge in [0.05, 0.1) is 21.6 Å². The first-order chi connectivity index (χ1) is 10.2. The van der Waals surface area contributed by atoms with Crippen LogP contribution in [0.5, 0.6) is 0 Å². The minimum Gasteiger partial charge on any atom is -0.476 e. The van der Waals surface area contributed by atoms with Crippen molar-refractivity contribution in [3.63, 3.8) is 0 Å². The summed E-state index contributed by atoms with van der Waals surface area (Å²) in [4.78, 5) is 29.6. The molecule has 0 atom stereocenters. The number of hydrogen-bond donors (Lipinski definition) is 2. The van der Waals surface area contributed by atoms with E-state index in [1.54, 1.807) is 0 Å². The van der Waals surface area contributed by atoms with E-state index in [9.17, 15) is 18.0 Å². The first-order valence-electron chi connectivity index (χ1n) is 6.18. The summed E-state index contributed by atoms with van der Waals surface area (Å²) in [5, 5.41) is 9.11. The molecule has 8 nitrogen and oxygen atoms in total. The molecule has 3 rings (SSSR count). The van der Waals surface area contributed by atoms with Gasteiger partial charge >= 0.3 is 5.97 Å². The molecule has 0 aliphatic rings. The third kappa shape index (κ3) is 1.98. The third-order valence-electron chi connectivity index (χ3n) is 3.40. The van der Waals surface area contributed by atoms with Gasteiger partial charge in [-0.15, -0.1) is 0 Å². The van der Waals surface area contributed by atoms with Crippen LogP contribution in [0.1, 0.15) is 16.2 Å². The van der Waals surface area contributed by atoms with Crippen molar-refractivity contribution in [2.45, 2.75) is 11.8 Å². The Bertz CT molecular complexity index is 1110. The zero-order valence-electron chi connectivity index (χ0n) is 11.6. The Balaban J connectivity index is 2.51. The van der Waals surface area contributed by atoms with E-state index in [1.807, 2.05) is 0 Å². The first-order valence-corrected chi connectivity index (χ1v) is 8.08. The number of H-pyrrole nitrogens is 1. The average Bonchev–Trinajstić information content (AvgIpc) is 2.76. The van der Waals surface area contributed by atoms with Gasteiger partial charge in [0.1, 0.15) is 0 Å². The van der Waals surface area contributed by atoms with Gasteiger partial charge < -0.3 is 10.1 Å². The van der Waals surface area contributed by atoms with Gasteiger partial charge in [0.2, 0.25) is 5.65 Å². The molecule has 0 saturated carbocycles. The number of rotatable bonds is 2. The summed E-state index contributed by atoms with van der Waals surface area (Å²) in [6.45, 7) is 1.53. The van der Waals surface area contributed by atoms with Crippen molar-refractivity contribution in [3.8, 4) is 0 Å². The van der Waals surface area contributed by atoms with Crippen molar-refractivity contribution in [1.82, 2.24) is 14.4 Å². The molecule has 22 heavy (non-hydrogen) atoms. The highest BCUT2D eigenvalue weighted by molar-refractivity contribution is 7.90. The largest absolute Gasteiger partial charge is 0.476 e. The van der Waals surface area contributed by atoms with Gasteiger partial charge in [-0.1, -0.05) is 0 Å². The number of fused-ring (bicyclic) bond motifs is 3. The smallest absolute Gasteiger partial charge is 0.356 e. The number of carboxylic acids is 1. The molecule has 0 saturated heterocycles. The molecule has 2 aromatic heterocycles. The second kappa shape index (κ2) is 4.41. The van der Waals surface area contributed by atoms with Crippen molar-refractivity contribution >= 4 is 32.5 Å². The lowest BCUT2D eigenvalue weighted by Crippen LogP contribution is -2.12. The molecule has 1 aromatic carbocycles. The first kappa shape index (κ1) is 14.3. The lowest BCUT2D eigenvalue weighted by molar-refractivity contribution is 0.0690. The van der Waals surface area contributed by atoms with Gasteiger partial charge in [0.25, 0.3) is 5.56 Å². The fourth-order valence-corrected chi connectivity index (χ4v) is 3.02. The number of benzene rings is 1. The maximum Gasteiger partial charge on any atom is 0.356 e. The lowest BCUT2D eigenvalue weighted by atomic mass is 10.3. The third-order valence-corrected chi connectivity index (χ3v) is 4.51. The maximum atomic E-state index is 12.1. The quantitative estimate of drug-likeness (QED) is 0.712. The van der Waals surface area contributed by atoms with E-state index in [-0.39, 0.29) is 21.8 Å². The number of carbonyl (C=O) groups is 1. The molecule has 0 aliphatic heterocycles. The highest BCUT2D eigenvalue weighted by atomic mass is 32.2. The molecule has 2 N–H and O–H groups in total. The number of aromatic nitrogens is 3. The minimum absolute atomic E-state index is 0.0468. The summed E-state index contributed by atoms with van der Waals surface area (Å²) in [5.41, 5.74) is 0.205. The number of aryl methyl sites for hydroxylation is 1. The Labute approximate surface area is 124 Å². The van der Waals surface area contributed by atoms with E-state index >= 15 is 0 Å². The predicted octanol–water partition coefficient (Wildman–Crippen LogP) is 0.586. The SMILES string of the molecule is Cc1c(C(=O)O)nc2c(=O)[nH]c3cc(S(C)(=O)=O)ccc3n12. The molecular formula is C13H11N3O5S. The minimum atomic E-state index is -3.42. The molecule has 0 aliphatic carbocycles. The highest BCUT2D eigenvalue weighted by Crippen LogP contribution is 2.20. The zero-order valence-corrected chi connectivity index (χ0v) is 12.4. The van der Waals surface area contributed by atoms with E-state index in [1.165, 1.54) is 29.5 Å². The number of hydrogen-bond acceptors (Lipinski definition) is 5. The molecule has 3 aromatic rings. The fourth-order valence-electron chi connectivity index (χ4n) is 2.37. The van der Waals surface area contributed by atoms with Crippen LogP contribution >= 0.6 is 0 Å². The van der Waals surface area contributed by atoms with E-state index in [4.69, 9.17) is 5.11 Å². The van der Waals surface area contributed by atoms with E-state index < -0.39 is 21.4 Å². The molecule has 0 bridgehead atoms. The average molecular weight is 321 g/mol. The summed E-state index contributed by atoms with van der Waals surface area (Å²) in [7, 11) is -3.42. The molecule has 0 fully saturated rings. The van der Waals surface area contributed by atoms with Crippen LogP contribution in [0.15, 0.2) is 27.9 Å². The van der Waals surface area contributed by atoms with E-state index in [0.29, 0.717) is 11.2 Å². The van der Waals surface area contributed by atoms with Crippen LogP contribution in [0.2, 0.25) is 0 Å². The van der Waals surface area contributed by atoms with E-state index in [2.05, 4.69) is 9.97 Å². The summed E-state index contributed by atoms with van der Waals surface area (Å²) >= 11 is 0. The Morgan fingerprint density at radius 2 is 2.05 bits per heavy atom. The van der Waals surface area contributed by atoms with Crippen molar-refractivity contribution < 1.29 is 18.3 Å². The Kier molecular flexibility index (Phi) is 2.86. The number of aromatic carboxylic acids is 1. The van der Waals surface area contributed by atoms with Gasteiger partial charge in [-0.3, -0.25) is 9.20 Å². The summed E-state index contributed by atoms with van der Waals surface area (Å²) in [5.74, 6) is -1.23. The second-order valence-corrected chi connectivity index (χ2v) is 6.93. The molecule has 114 valence electrons. The standard InChI is InChI=1S/C13H11N3O5S/c1-6-10(13(18)19)15-11-12(17)14-8-5-7(22(2,20)21)3-4-9(8)16(6)11/h3-5H,1-2H3,(H,14,17)(H,18,19). The Morgan fingerprint density at radius 1 is 1.36 bits per heavy atom. The molecule has 2 heterocycles. The molecule has 0 spiro atoms. The van der Waals surface area contributed by atoms with Crippen molar-refractivity contribution in [1.29, 1.82) is 0 Å². The Hall–Kier alpha value is -2.68. The zero-order chi connectivity index (χ0) is 16.2. The van der Waals surface area contributed by atoms with Gasteiger partial charge in [-0.05, 0) is 25.1 Å². The predicted molar refractivity (Wildman–Crippen MR) is 78.1 cm³/mol. The number of aromatic amines is 1. The highest BCUT2D eigenvalue weighted by Gasteiger charge is 2.19. The number of sulfone groups is 1. The molecule has 9 heteroatoms. The van der Waals surface area contributed by atoms with E-state index in [0.717, 1.165) is 6.26 Å². The summed E-state index contributed by atoms with van der Waals surface area (Å²) in [6.07, 6.45) is 1.07. The van der Waals surface area contributed by atoms with Crippen molar-refractivity contribution in [3.05, 3.63) is 39.9 Å². The van der Waals surface area contributed by atoms with Gasteiger partial charge in [0.15, 0.2) is 15.5 Å². The van der Waals surface area contributed by atoms with Crippen LogP contribution in [0, 0.1) is 6.92 Å². The lowest BCUT2D eigenvalue weighted by Gasteiger charge is -2.05. The summed E-state index contributed by atoms with van der Waals surface area (Å²) < 4.78 is 24.6. The second-order valence-electron chi connectivity index (χ2n) is 4.92. The van der Waals surface area contributed by atoms with Crippen LogP contribution < -0.4 is 5.56 Å². The molecule has 0 unspecified atom stereocenters. The normalized spacial score (nSPS) is 12.1. The van der Waals surface area contributed by atoms with Gasteiger partial charge in [0, 0.05) is 6.26 Å². The Morgan fingerprint density at radius 3 is 2.64 bits per heavy atom. The van der Waals surface area contributed by atoms with Gasteiger partial charge in [-0.2, -0.15) is 0 Å². The molecule has 0 radical (unpaired) electrons. The number of nitrogens with zero attached hydrogens (tertiary/aromatic N) is 2. The van der Waals surface area contributed by atoms with Crippen LogP contribution in [0.4, 0.5) is 0 Å². The van der Waals surface area contributed by atoms with Crippen molar-refractivity contribution in [2.24, 2.45) is 0 Å². The van der Waals surface area contributed by atoms with Crippen LogP contribution in [0.25, 0.3) is 16.7 Å². The number of imidazole rings is 1. The maximum absolute atomic E-state index is 12.1. The number of nitrogens with one attached hydrogen (secondary N) is 1. The topological polar surface area (TPSA) is 122 Å².